The number of rotatable bonds is 5. The van der Waals surface area contributed by atoms with Crippen molar-refractivity contribution in [2.24, 2.45) is 5.10 Å². The molecule has 5 nitrogen and oxygen atoms in total. The van der Waals surface area contributed by atoms with Crippen molar-refractivity contribution in [3.8, 4) is 11.3 Å². The van der Waals surface area contributed by atoms with Gasteiger partial charge in [-0.25, -0.2) is 9.78 Å². The van der Waals surface area contributed by atoms with Gasteiger partial charge >= 0.3 is 5.97 Å². The SMILES string of the molecule is Cc1ccc(-c2csc(N/N=C\c3ccc(C(=O)O)cc3)n2)cc1. The summed E-state index contributed by atoms with van der Waals surface area (Å²) < 4.78 is 0. The fraction of sp³-hybridized carbons (Fsp3) is 0.0556. The molecule has 0 aliphatic heterocycles. The number of aromatic carboxylic acids is 1. The number of nitrogens with zero attached hydrogens (tertiary/aromatic N) is 2. The molecule has 0 atom stereocenters. The van der Waals surface area contributed by atoms with Crippen molar-refractivity contribution in [2.75, 3.05) is 5.43 Å². The second-order valence-electron chi connectivity index (χ2n) is 5.20. The minimum absolute atomic E-state index is 0.253. The molecule has 120 valence electrons. The molecule has 3 rings (SSSR count). The van der Waals surface area contributed by atoms with Gasteiger partial charge in [-0.15, -0.1) is 11.3 Å². The number of carbonyl (C=O) groups is 1. The largest absolute Gasteiger partial charge is 0.478 e. The molecular formula is C18H15N3O2S. The van der Waals surface area contributed by atoms with Crippen LogP contribution in [0, 0.1) is 6.92 Å². The number of hydrazone groups is 1. The molecule has 0 spiro atoms. The van der Waals surface area contributed by atoms with Gasteiger partial charge in [0.25, 0.3) is 0 Å². The monoisotopic (exact) mass is 337 g/mol. The molecule has 0 bridgehead atoms. The van der Waals surface area contributed by atoms with Crippen molar-refractivity contribution in [1.29, 1.82) is 0 Å². The number of aromatic nitrogens is 1. The number of carboxylic acid groups (broad SMARTS) is 1. The van der Waals surface area contributed by atoms with Crippen molar-refractivity contribution < 1.29 is 9.90 Å². The normalized spacial score (nSPS) is 10.9. The zero-order chi connectivity index (χ0) is 16.9. The number of benzene rings is 2. The van der Waals surface area contributed by atoms with Gasteiger partial charge in [0.1, 0.15) is 0 Å². The number of aryl methyl sites for hydroxylation is 1. The van der Waals surface area contributed by atoms with E-state index in [-0.39, 0.29) is 5.56 Å². The fourth-order valence-corrected chi connectivity index (χ4v) is 2.72. The summed E-state index contributed by atoms with van der Waals surface area (Å²) in [7, 11) is 0. The van der Waals surface area contributed by atoms with Crippen LogP contribution in [0.5, 0.6) is 0 Å². The van der Waals surface area contributed by atoms with Gasteiger partial charge < -0.3 is 5.11 Å². The van der Waals surface area contributed by atoms with Crippen LogP contribution in [-0.4, -0.2) is 22.3 Å². The van der Waals surface area contributed by atoms with Crippen LogP contribution in [0.15, 0.2) is 59.0 Å². The predicted octanol–water partition coefficient (Wildman–Crippen LogP) is 4.26. The first-order valence-corrected chi connectivity index (χ1v) is 8.15. The average molecular weight is 337 g/mol. The van der Waals surface area contributed by atoms with Crippen molar-refractivity contribution in [3.05, 3.63) is 70.6 Å². The van der Waals surface area contributed by atoms with Gasteiger partial charge in [0.2, 0.25) is 5.13 Å². The number of nitrogens with one attached hydrogen (secondary N) is 1. The van der Waals surface area contributed by atoms with Crippen molar-refractivity contribution in [1.82, 2.24) is 4.98 Å². The summed E-state index contributed by atoms with van der Waals surface area (Å²) in [5, 5.41) is 15.7. The lowest BCUT2D eigenvalue weighted by Crippen LogP contribution is -1.96. The highest BCUT2D eigenvalue weighted by atomic mass is 32.1. The Hall–Kier alpha value is -2.99. The van der Waals surface area contributed by atoms with Gasteiger partial charge in [-0.05, 0) is 24.6 Å². The van der Waals surface area contributed by atoms with Gasteiger partial charge in [0.15, 0.2) is 0 Å². The highest BCUT2D eigenvalue weighted by Gasteiger charge is 2.04. The van der Waals surface area contributed by atoms with Crippen LogP contribution in [0.4, 0.5) is 5.13 Å². The molecule has 2 N–H and O–H groups in total. The summed E-state index contributed by atoms with van der Waals surface area (Å²) in [6.45, 7) is 2.05. The molecule has 1 heterocycles. The van der Waals surface area contributed by atoms with E-state index in [4.69, 9.17) is 5.11 Å². The lowest BCUT2D eigenvalue weighted by Gasteiger charge is -1.98. The van der Waals surface area contributed by atoms with Crippen LogP contribution in [0.3, 0.4) is 0 Å². The number of thiazole rings is 1. The van der Waals surface area contributed by atoms with Crippen LogP contribution in [0.25, 0.3) is 11.3 Å². The maximum atomic E-state index is 10.8. The molecule has 0 fully saturated rings. The number of hydrogen-bond acceptors (Lipinski definition) is 5. The molecule has 0 saturated carbocycles. The third-order valence-electron chi connectivity index (χ3n) is 3.38. The zero-order valence-corrected chi connectivity index (χ0v) is 13.7. The van der Waals surface area contributed by atoms with Crippen LogP contribution in [-0.2, 0) is 0 Å². The summed E-state index contributed by atoms with van der Waals surface area (Å²) in [5.74, 6) is -0.942. The minimum atomic E-state index is -0.942. The van der Waals surface area contributed by atoms with Gasteiger partial charge in [0, 0.05) is 10.9 Å². The first kappa shape index (κ1) is 15.9. The minimum Gasteiger partial charge on any atom is -0.478 e. The van der Waals surface area contributed by atoms with Crippen molar-refractivity contribution in [3.63, 3.8) is 0 Å². The van der Waals surface area contributed by atoms with Crippen LogP contribution >= 0.6 is 11.3 Å². The molecule has 0 aliphatic rings. The summed E-state index contributed by atoms with van der Waals surface area (Å²) in [4.78, 5) is 15.3. The van der Waals surface area contributed by atoms with E-state index in [0.717, 1.165) is 16.8 Å². The Morgan fingerprint density at radius 1 is 1.17 bits per heavy atom. The smallest absolute Gasteiger partial charge is 0.335 e. The van der Waals surface area contributed by atoms with Gasteiger partial charge in [-0.3, -0.25) is 5.43 Å². The predicted molar refractivity (Wildman–Crippen MR) is 96.9 cm³/mol. The Labute approximate surface area is 143 Å². The van der Waals surface area contributed by atoms with E-state index in [1.54, 1.807) is 30.5 Å². The van der Waals surface area contributed by atoms with Gasteiger partial charge in [-0.1, -0.05) is 42.0 Å². The Morgan fingerprint density at radius 2 is 1.88 bits per heavy atom. The molecule has 0 aliphatic carbocycles. The summed E-state index contributed by atoms with van der Waals surface area (Å²) in [6.07, 6.45) is 1.62. The summed E-state index contributed by atoms with van der Waals surface area (Å²) in [6, 6.07) is 14.7. The molecule has 0 saturated heterocycles. The summed E-state index contributed by atoms with van der Waals surface area (Å²) >= 11 is 1.48. The molecule has 6 heteroatoms. The van der Waals surface area contributed by atoms with Gasteiger partial charge in [0.05, 0.1) is 17.5 Å². The van der Waals surface area contributed by atoms with E-state index in [9.17, 15) is 4.79 Å². The molecule has 0 amide bonds. The third-order valence-corrected chi connectivity index (χ3v) is 4.13. The second-order valence-corrected chi connectivity index (χ2v) is 6.06. The quantitative estimate of drug-likeness (QED) is 0.539. The van der Waals surface area contributed by atoms with Crippen LogP contribution < -0.4 is 5.43 Å². The first-order valence-electron chi connectivity index (χ1n) is 7.27. The molecule has 1 aromatic heterocycles. The second kappa shape index (κ2) is 7.06. The van der Waals surface area contributed by atoms with Crippen LogP contribution in [0.1, 0.15) is 21.5 Å². The molecule has 0 radical (unpaired) electrons. The van der Waals surface area contributed by atoms with Crippen molar-refractivity contribution >= 4 is 28.7 Å². The van der Waals surface area contributed by atoms with E-state index in [1.807, 2.05) is 17.5 Å². The maximum Gasteiger partial charge on any atom is 0.335 e. The highest BCUT2D eigenvalue weighted by Crippen LogP contribution is 2.25. The molecule has 24 heavy (non-hydrogen) atoms. The van der Waals surface area contributed by atoms with Gasteiger partial charge in [-0.2, -0.15) is 5.10 Å². The number of hydrogen-bond donors (Lipinski definition) is 2. The average Bonchev–Trinajstić information content (AvgIpc) is 3.05. The van der Waals surface area contributed by atoms with E-state index in [2.05, 4.69) is 34.6 Å². The Bertz CT molecular complexity index is 868. The molecule has 2 aromatic carbocycles. The summed E-state index contributed by atoms with van der Waals surface area (Å²) in [5.41, 5.74) is 7.14. The van der Waals surface area contributed by atoms with E-state index >= 15 is 0 Å². The standard InChI is InChI=1S/C18H15N3O2S/c1-12-2-6-14(7-3-12)16-11-24-18(20-16)21-19-10-13-4-8-15(9-5-13)17(22)23/h2-11H,1H3,(H,20,21)(H,22,23)/b19-10-. The topological polar surface area (TPSA) is 74.6 Å². The van der Waals surface area contributed by atoms with Crippen molar-refractivity contribution in [2.45, 2.75) is 6.92 Å². The zero-order valence-electron chi connectivity index (χ0n) is 12.9. The Kier molecular flexibility index (Phi) is 4.67. The number of anilines is 1. The Balaban J connectivity index is 1.64. The third kappa shape index (κ3) is 3.85. The number of carboxylic acids is 1. The van der Waals surface area contributed by atoms with Crippen LogP contribution in [0.2, 0.25) is 0 Å². The highest BCUT2D eigenvalue weighted by molar-refractivity contribution is 7.14. The molecule has 3 aromatic rings. The fourth-order valence-electron chi connectivity index (χ4n) is 2.06. The molecular weight excluding hydrogens is 322 g/mol. The lowest BCUT2D eigenvalue weighted by atomic mass is 10.1. The first-order chi connectivity index (χ1) is 11.6. The van der Waals surface area contributed by atoms with E-state index < -0.39 is 5.97 Å². The van der Waals surface area contributed by atoms with E-state index in [0.29, 0.717) is 5.13 Å². The lowest BCUT2D eigenvalue weighted by molar-refractivity contribution is 0.0697. The Morgan fingerprint density at radius 3 is 2.54 bits per heavy atom. The maximum absolute atomic E-state index is 10.8. The van der Waals surface area contributed by atoms with E-state index in [1.165, 1.54) is 16.9 Å². The molecule has 0 unspecified atom stereocenters.